The molecule has 1 aliphatic carbocycles. The third kappa shape index (κ3) is 1.98. The van der Waals surface area contributed by atoms with Crippen molar-refractivity contribution in [3.8, 4) is 0 Å². The van der Waals surface area contributed by atoms with Crippen LogP contribution in [0.1, 0.15) is 33.6 Å². The zero-order chi connectivity index (χ0) is 11.2. The molecule has 3 atom stereocenters. The van der Waals surface area contributed by atoms with Gasteiger partial charge in [0.05, 0.1) is 6.04 Å². The molecule has 4 nitrogen and oxygen atoms in total. The van der Waals surface area contributed by atoms with Crippen molar-refractivity contribution < 1.29 is 14.3 Å². The predicted octanol–water partition coefficient (Wildman–Crippen LogP) is 1.58. The summed E-state index contributed by atoms with van der Waals surface area (Å²) < 4.78 is 5.28. The lowest BCUT2D eigenvalue weighted by Crippen LogP contribution is -2.42. The number of ether oxygens (including phenoxy) is 1. The van der Waals surface area contributed by atoms with E-state index in [1.807, 2.05) is 20.8 Å². The van der Waals surface area contributed by atoms with Gasteiger partial charge in [0.25, 0.3) is 0 Å². The van der Waals surface area contributed by atoms with Crippen LogP contribution in [-0.4, -0.2) is 35.0 Å². The van der Waals surface area contributed by atoms with Gasteiger partial charge in [0, 0.05) is 6.04 Å². The fraction of sp³-hybridized carbons (Fsp3) is 0.818. The van der Waals surface area contributed by atoms with Gasteiger partial charge in [0.15, 0.2) is 0 Å². The molecule has 0 radical (unpaired) electrons. The molecule has 15 heavy (non-hydrogen) atoms. The number of carbonyl (C=O) groups excluding carboxylic acids is 2. The van der Waals surface area contributed by atoms with Gasteiger partial charge in [0.1, 0.15) is 11.9 Å². The number of hydrogen-bond acceptors (Lipinski definition) is 3. The SMILES string of the molecule is CC(C)(C)OC(=O)N1C2C[C@H]2C[C@@H]1C=O. The second-order valence-electron chi connectivity index (χ2n) is 5.39. The summed E-state index contributed by atoms with van der Waals surface area (Å²) in [4.78, 5) is 24.2. The van der Waals surface area contributed by atoms with Crippen molar-refractivity contribution in [1.29, 1.82) is 0 Å². The van der Waals surface area contributed by atoms with Crippen LogP contribution in [0.2, 0.25) is 0 Å². The second-order valence-corrected chi connectivity index (χ2v) is 5.39. The number of fused-ring (bicyclic) bond motifs is 1. The largest absolute Gasteiger partial charge is 0.444 e. The van der Waals surface area contributed by atoms with Crippen molar-refractivity contribution in [2.24, 2.45) is 5.92 Å². The first-order valence-electron chi connectivity index (χ1n) is 5.39. The Balaban J connectivity index is 2.02. The topological polar surface area (TPSA) is 46.6 Å². The number of hydrogen-bond donors (Lipinski definition) is 0. The summed E-state index contributed by atoms with van der Waals surface area (Å²) in [5.74, 6) is 0.535. The van der Waals surface area contributed by atoms with Crippen LogP contribution in [0.5, 0.6) is 0 Å². The molecule has 1 aliphatic heterocycles. The molecule has 1 saturated carbocycles. The molecule has 1 saturated heterocycles. The molecular weight excluding hydrogens is 194 g/mol. The first kappa shape index (κ1) is 10.5. The summed E-state index contributed by atoms with van der Waals surface area (Å²) >= 11 is 0. The number of rotatable bonds is 1. The molecule has 0 N–H and O–H groups in total. The van der Waals surface area contributed by atoms with E-state index < -0.39 is 5.60 Å². The molecule has 0 aromatic carbocycles. The molecule has 2 aliphatic rings. The summed E-state index contributed by atoms with van der Waals surface area (Å²) in [5.41, 5.74) is -0.489. The van der Waals surface area contributed by atoms with Gasteiger partial charge in [0.2, 0.25) is 0 Å². The minimum absolute atomic E-state index is 0.259. The van der Waals surface area contributed by atoms with Gasteiger partial charge >= 0.3 is 6.09 Å². The summed E-state index contributed by atoms with van der Waals surface area (Å²) in [5, 5.41) is 0. The molecule has 4 heteroatoms. The van der Waals surface area contributed by atoms with Crippen molar-refractivity contribution in [1.82, 2.24) is 4.90 Å². The highest BCUT2D eigenvalue weighted by molar-refractivity contribution is 5.76. The third-order valence-corrected chi connectivity index (χ3v) is 2.91. The van der Waals surface area contributed by atoms with Crippen LogP contribution < -0.4 is 0 Å². The van der Waals surface area contributed by atoms with E-state index in [1.165, 1.54) is 0 Å². The molecule has 1 unspecified atom stereocenters. The minimum Gasteiger partial charge on any atom is -0.444 e. The molecule has 0 aromatic rings. The molecular formula is C11H17NO3. The van der Waals surface area contributed by atoms with Gasteiger partial charge in [-0.05, 0) is 39.5 Å². The summed E-state index contributed by atoms with van der Waals surface area (Å²) in [6.07, 6.45) is 2.36. The van der Waals surface area contributed by atoms with Crippen LogP contribution in [0.25, 0.3) is 0 Å². The molecule has 1 amide bonds. The number of carbonyl (C=O) groups is 2. The molecule has 2 fully saturated rings. The second kappa shape index (κ2) is 3.22. The molecule has 0 aromatic heterocycles. The number of likely N-dealkylation sites (tertiary alicyclic amines) is 1. The van der Waals surface area contributed by atoms with E-state index in [1.54, 1.807) is 4.90 Å². The summed E-state index contributed by atoms with van der Waals surface area (Å²) in [6, 6.07) is -0.00125. The first-order chi connectivity index (χ1) is 6.92. The lowest BCUT2D eigenvalue weighted by molar-refractivity contribution is -0.112. The molecule has 0 bridgehead atoms. The monoisotopic (exact) mass is 211 g/mol. The Hall–Kier alpha value is -1.06. The van der Waals surface area contributed by atoms with Crippen LogP contribution >= 0.6 is 0 Å². The Labute approximate surface area is 89.6 Å². The quantitative estimate of drug-likeness (QED) is 0.619. The maximum atomic E-state index is 11.8. The molecule has 1 heterocycles. The van der Waals surface area contributed by atoms with E-state index in [-0.39, 0.29) is 18.2 Å². The summed E-state index contributed by atoms with van der Waals surface area (Å²) in [6.45, 7) is 5.50. The average molecular weight is 211 g/mol. The minimum atomic E-state index is -0.489. The van der Waals surface area contributed by atoms with E-state index in [0.29, 0.717) is 5.92 Å². The number of aldehydes is 1. The van der Waals surface area contributed by atoms with Crippen molar-refractivity contribution >= 4 is 12.4 Å². The van der Waals surface area contributed by atoms with Gasteiger partial charge in [-0.15, -0.1) is 0 Å². The van der Waals surface area contributed by atoms with Gasteiger partial charge in [-0.3, -0.25) is 4.90 Å². The smallest absolute Gasteiger partial charge is 0.411 e. The van der Waals surface area contributed by atoms with Crippen LogP contribution in [0.3, 0.4) is 0 Å². The van der Waals surface area contributed by atoms with Gasteiger partial charge in [-0.1, -0.05) is 0 Å². The maximum absolute atomic E-state index is 11.8. The third-order valence-electron chi connectivity index (χ3n) is 2.91. The van der Waals surface area contributed by atoms with E-state index in [0.717, 1.165) is 19.1 Å². The highest BCUT2D eigenvalue weighted by Gasteiger charge is 2.54. The van der Waals surface area contributed by atoms with E-state index >= 15 is 0 Å². The van der Waals surface area contributed by atoms with Gasteiger partial charge in [-0.25, -0.2) is 4.79 Å². The number of piperidine rings is 1. The Morgan fingerprint density at radius 1 is 1.40 bits per heavy atom. The van der Waals surface area contributed by atoms with Crippen LogP contribution in [-0.2, 0) is 9.53 Å². The van der Waals surface area contributed by atoms with Crippen molar-refractivity contribution in [2.75, 3.05) is 0 Å². The van der Waals surface area contributed by atoms with Gasteiger partial charge in [-0.2, -0.15) is 0 Å². The fourth-order valence-corrected chi connectivity index (χ4v) is 2.20. The van der Waals surface area contributed by atoms with Crippen molar-refractivity contribution in [3.63, 3.8) is 0 Å². The fourth-order valence-electron chi connectivity index (χ4n) is 2.20. The van der Waals surface area contributed by atoms with Crippen molar-refractivity contribution in [2.45, 2.75) is 51.3 Å². The Morgan fingerprint density at radius 2 is 2.07 bits per heavy atom. The Bertz CT molecular complexity index is 295. The highest BCUT2D eigenvalue weighted by Crippen LogP contribution is 2.47. The number of nitrogens with zero attached hydrogens (tertiary/aromatic N) is 1. The highest BCUT2D eigenvalue weighted by atomic mass is 16.6. The lowest BCUT2D eigenvalue weighted by Gasteiger charge is -2.28. The number of amides is 1. The Morgan fingerprint density at radius 3 is 2.60 bits per heavy atom. The normalized spacial score (nSPS) is 33.5. The van der Waals surface area contributed by atoms with Crippen LogP contribution in [0, 0.1) is 5.92 Å². The zero-order valence-electron chi connectivity index (χ0n) is 9.40. The summed E-state index contributed by atoms with van der Waals surface area (Å²) in [7, 11) is 0. The van der Waals surface area contributed by atoms with Crippen molar-refractivity contribution in [3.05, 3.63) is 0 Å². The standard InChI is InChI=1S/C11H17NO3/c1-11(2,3)15-10(14)12-8(6-13)4-7-5-9(7)12/h6-9H,4-5H2,1-3H3/t7-,8-,9?/m1/s1. The average Bonchev–Trinajstić information content (AvgIpc) is 2.73. The van der Waals surface area contributed by atoms with E-state index in [9.17, 15) is 9.59 Å². The van der Waals surface area contributed by atoms with Crippen LogP contribution in [0.15, 0.2) is 0 Å². The van der Waals surface area contributed by atoms with Gasteiger partial charge < -0.3 is 9.53 Å². The van der Waals surface area contributed by atoms with E-state index in [2.05, 4.69) is 0 Å². The zero-order valence-corrected chi connectivity index (χ0v) is 9.40. The molecule has 2 rings (SSSR count). The maximum Gasteiger partial charge on any atom is 0.411 e. The predicted molar refractivity (Wildman–Crippen MR) is 54.4 cm³/mol. The van der Waals surface area contributed by atoms with E-state index in [4.69, 9.17) is 4.74 Å². The van der Waals surface area contributed by atoms with Crippen LogP contribution in [0.4, 0.5) is 4.79 Å². The molecule has 84 valence electrons. The molecule has 0 spiro atoms. The Kier molecular flexibility index (Phi) is 2.24. The first-order valence-corrected chi connectivity index (χ1v) is 5.39. The lowest BCUT2D eigenvalue weighted by atomic mass is 10.2.